The lowest BCUT2D eigenvalue weighted by Crippen LogP contribution is -2.41. The third kappa shape index (κ3) is 5.83. The molecule has 6 aromatic rings. The van der Waals surface area contributed by atoms with E-state index >= 15 is 0 Å². The normalized spacial score (nSPS) is 15.2. The van der Waals surface area contributed by atoms with Gasteiger partial charge in [0.25, 0.3) is 0 Å². The second-order valence-electron chi connectivity index (χ2n) is 12.4. The SMILES string of the molecule is CC1(C)OB(c2ccc(-c3ccc(-c4ccc(-c5nc(-c6ccccc6)nc(-c6ccccc6)n5)cc4)cc3)cc2)OC1(C)C. The van der Waals surface area contributed by atoms with Gasteiger partial charge in [-0.2, -0.15) is 0 Å². The van der Waals surface area contributed by atoms with Gasteiger partial charge in [-0.05, 0) is 55.4 Å². The predicted molar refractivity (Wildman–Crippen MR) is 183 cm³/mol. The zero-order chi connectivity index (χ0) is 31.0. The summed E-state index contributed by atoms with van der Waals surface area (Å²) in [4.78, 5) is 14.5. The molecule has 0 N–H and O–H groups in total. The summed E-state index contributed by atoms with van der Waals surface area (Å²) < 4.78 is 12.4. The predicted octanol–water partition coefficient (Wildman–Crippen LogP) is 8.51. The molecule has 5 nitrogen and oxygen atoms in total. The zero-order valence-corrected chi connectivity index (χ0v) is 25.9. The summed E-state index contributed by atoms with van der Waals surface area (Å²) in [7, 11) is -0.359. The van der Waals surface area contributed by atoms with Gasteiger partial charge in [0.2, 0.25) is 0 Å². The van der Waals surface area contributed by atoms with Gasteiger partial charge in [-0.25, -0.2) is 15.0 Å². The van der Waals surface area contributed by atoms with Crippen LogP contribution in [-0.4, -0.2) is 33.3 Å². The summed E-state index contributed by atoms with van der Waals surface area (Å²) >= 11 is 0. The molecule has 7 rings (SSSR count). The molecular weight excluding hydrogens is 553 g/mol. The van der Waals surface area contributed by atoms with Gasteiger partial charge in [0, 0.05) is 16.7 Å². The number of aromatic nitrogens is 3. The summed E-state index contributed by atoms with van der Waals surface area (Å²) in [5.74, 6) is 1.96. The van der Waals surface area contributed by atoms with Crippen molar-refractivity contribution in [2.24, 2.45) is 0 Å². The van der Waals surface area contributed by atoms with Crippen LogP contribution in [-0.2, 0) is 9.31 Å². The van der Waals surface area contributed by atoms with E-state index in [1.807, 2.05) is 60.7 Å². The van der Waals surface area contributed by atoms with E-state index in [1.165, 1.54) is 0 Å². The lowest BCUT2D eigenvalue weighted by molar-refractivity contribution is 0.00578. The molecule has 0 atom stereocenters. The van der Waals surface area contributed by atoms with Crippen LogP contribution in [0.2, 0.25) is 0 Å². The quantitative estimate of drug-likeness (QED) is 0.183. The van der Waals surface area contributed by atoms with E-state index in [2.05, 4.69) is 100 Å². The summed E-state index contributed by atoms with van der Waals surface area (Å²) in [6.07, 6.45) is 0. The van der Waals surface area contributed by atoms with E-state index in [1.54, 1.807) is 0 Å². The first-order valence-electron chi connectivity index (χ1n) is 15.3. The molecule has 1 aliphatic heterocycles. The van der Waals surface area contributed by atoms with Crippen LogP contribution in [0.3, 0.4) is 0 Å². The van der Waals surface area contributed by atoms with E-state index in [0.717, 1.165) is 44.4 Å². The maximum atomic E-state index is 6.22. The number of benzene rings is 5. The van der Waals surface area contributed by atoms with E-state index in [4.69, 9.17) is 24.3 Å². The first kappa shape index (κ1) is 28.8. The second kappa shape index (κ2) is 11.5. The average molecular weight is 588 g/mol. The molecule has 1 aromatic heterocycles. The highest BCUT2D eigenvalue weighted by atomic mass is 16.7. The summed E-state index contributed by atoms with van der Waals surface area (Å²) in [5.41, 5.74) is 7.74. The lowest BCUT2D eigenvalue weighted by Gasteiger charge is -2.32. The molecule has 1 saturated heterocycles. The number of nitrogens with zero attached hydrogens (tertiary/aromatic N) is 3. The molecule has 0 amide bonds. The smallest absolute Gasteiger partial charge is 0.399 e. The van der Waals surface area contributed by atoms with Crippen LogP contribution in [0.4, 0.5) is 0 Å². The highest BCUT2D eigenvalue weighted by Gasteiger charge is 2.51. The van der Waals surface area contributed by atoms with Gasteiger partial charge >= 0.3 is 7.12 Å². The summed E-state index contributed by atoms with van der Waals surface area (Å²) in [6.45, 7) is 8.31. The molecular formula is C39H34BN3O2. The Hall–Kier alpha value is -4.91. The monoisotopic (exact) mass is 587 g/mol. The summed E-state index contributed by atoms with van der Waals surface area (Å²) in [5, 5.41) is 0. The number of hydrogen-bond donors (Lipinski definition) is 0. The molecule has 5 aromatic carbocycles. The van der Waals surface area contributed by atoms with Crippen LogP contribution in [0.5, 0.6) is 0 Å². The fourth-order valence-electron chi connectivity index (χ4n) is 5.42. The van der Waals surface area contributed by atoms with Crippen LogP contribution < -0.4 is 5.46 Å². The Morgan fingerprint density at radius 3 is 1.02 bits per heavy atom. The molecule has 0 bridgehead atoms. The first-order valence-corrected chi connectivity index (χ1v) is 15.3. The minimum absolute atomic E-state index is 0.355. The standard InChI is InChI=1S/C39H34BN3O2/c1-38(2)39(3,4)45-40(44-38)34-25-23-30(24-26-34)28-17-15-27(16-18-28)29-19-21-33(22-20-29)37-42-35(31-11-7-5-8-12-31)41-36(43-37)32-13-9-6-10-14-32/h5-26H,1-4H3. The fourth-order valence-corrected chi connectivity index (χ4v) is 5.42. The van der Waals surface area contributed by atoms with Crippen molar-refractivity contribution in [3.8, 4) is 56.4 Å². The van der Waals surface area contributed by atoms with Crippen molar-refractivity contribution in [1.29, 1.82) is 0 Å². The maximum Gasteiger partial charge on any atom is 0.494 e. The van der Waals surface area contributed by atoms with Gasteiger partial charge in [-0.1, -0.05) is 133 Å². The van der Waals surface area contributed by atoms with Gasteiger partial charge in [0.1, 0.15) is 0 Å². The largest absolute Gasteiger partial charge is 0.494 e. The van der Waals surface area contributed by atoms with Gasteiger partial charge in [0.05, 0.1) is 11.2 Å². The first-order chi connectivity index (χ1) is 21.8. The topological polar surface area (TPSA) is 57.1 Å². The molecule has 1 aliphatic rings. The van der Waals surface area contributed by atoms with E-state index in [0.29, 0.717) is 17.5 Å². The van der Waals surface area contributed by atoms with Crippen LogP contribution in [0.15, 0.2) is 133 Å². The molecule has 1 fully saturated rings. The number of rotatable bonds is 6. The molecule has 45 heavy (non-hydrogen) atoms. The van der Waals surface area contributed by atoms with E-state index in [9.17, 15) is 0 Å². The van der Waals surface area contributed by atoms with E-state index in [-0.39, 0.29) is 18.3 Å². The second-order valence-corrected chi connectivity index (χ2v) is 12.4. The van der Waals surface area contributed by atoms with Crippen molar-refractivity contribution in [1.82, 2.24) is 15.0 Å². The number of hydrogen-bond acceptors (Lipinski definition) is 5. The maximum absolute atomic E-state index is 6.22. The molecule has 6 heteroatoms. The Morgan fingerprint density at radius 2 is 0.667 bits per heavy atom. The molecule has 0 aliphatic carbocycles. The molecule has 220 valence electrons. The Kier molecular flexibility index (Phi) is 7.40. The van der Waals surface area contributed by atoms with Crippen LogP contribution >= 0.6 is 0 Å². The minimum Gasteiger partial charge on any atom is -0.399 e. The van der Waals surface area contributed by atoms with E-state index < -0.39 is 0 Å². The van der Waals surface area contributed by atoms with Crippen LogP contribution in [0, 0.1) is 0 Å². The third-order valence-corrected chi connectivity index (χ3v) is 8.83. The molecule has 0 spiro atoms. The van der Waals surface area contributed by atoms with Crippen molar-refractivity contribution in [3.05, 3.63) is 133 Å². The van der Waals surface area contributed by atoms with Crippen molar-refractivity contribution >= 4 is 12.6 Å². The molecule has 0 saturated carbocycles. The van der Waals surface area contributed by atoms with Crippen molar-refractivity contribution in [2.45, 2.75) is 38.9 Å². The minimum atomic E-state index is -0.359. The van der Waals surface area contributed by atoms with Crippen molar-refractivity contribution < 1.29 is 9.31 Å². The molecule has 0 radical (unpaired) electrons. The Bertz CT molecular complexity index is 1850. The zero-order valence-electron chi connectivity index (χ0n) is 25.9. The van der Waals surface area contributed by atoms with Gasteiger partial charge < -0.3 is 9.31 Å². The lowest BCUT2D eigenvalue weighted by atomic mass is 9.78. The Balaban J connectivity index is 1.11. The third-order valence-electron chi connectivity index (χ3n) is 8.83. The molecule has 0 unspecified atom stereocenters. The average Bonchev–Trinajstić information content (AvgIpc) is 3.31. The van der Waals surface area contributed by atoms with Crippen LogP contribution in [0.1, 0.15) is 27.7 Å². The Morgan fingerprint density at radius 1 is 0.378 bits per heavy atom. The molecule has 2 heterocycles. The van der Waals surface area contributed by atoms with Crippen LogP contribution in [0.25, 0.3) is 56.4 Å². The van der Waals surface area contributed by atoms with Gasteiger partial charge in [-0.15, -0.1) is 0 Å². The fraction of sp³-hybridized carbons (Fsp3) is 0.154. The summed E-state index contributed by atoms with van der Waals surface area (Å²) in [6, 6.07) is 45.6. The highest BCUT2D eigenvalue weighted by Crippen LogP contribution is 2.36. The van der Waals surface area contributed by atoms with Crippen molar-refractivity contribution in [2.75, 3.05) is 0 Å². The highest BCUT2D eigenvalue weighted by molar-refractivity contribution is 6.62. The Labute approximate surface area is 265 Å². The van der Waals surface area contributed by atoms with Gasteiger partial charge in [0.15, 0.2) is 17.5 Å². The van der Waals surface area contributed by atoms with Crippen molar-refractivity contribution in [3.63, 3.8) is 0 Å². The van der Waals surface area contributed by atoms with Gasteiger partial charge in [-0.3, -0.25) is 0 Å².